The lowest BCUT2D eigenvalue weighted by atomic mass is 9.79. The molecule has 0 aliphatic rings. The molecule has 0 saturated carbocycles. The summed E-state index contributed by atoms with van der Waals surface area (Å²) in [4.78, 5) is 0. The van der Waals surface area contributed by atoms with E-state index in [1.54, 1.807) is 0 Å². The van der Waals surface area contributed by atoms with E-state index in [2.05, 4.69) is 52.0 Å². The van der Waals surface area contributed by atoms with Gasteiger partial charge < -0.3 is 23.7 Å². The summed E-state index contributed by atoms with van der Waals surface area (Å²) in [5.74, 6) is 1.64. The van der Waals surface area contributed by atoms with Gasteiger partial charge in [-0.25, -0.2) is 0 Å². The Hall–Kier alpha value is -2.08. The van der Waals surface area contributed by atoms with Gasteiger partial charge in [0.05, 0.1) is 13.2 Å². The van der Waals surface area contributed by atoms with Crippen molar-refractivity contribution < 1.29 is 23.7 Å². The van der Waals surface area contributed by atoms with Gasteiger partial charge in [0.1, 0.15) is 11.5 Å². The summed E-state index contributed by atoms with van der Waals surface area (Å²) < 4.78 is 28.1. The zero-order valence-corrected chi connectivity index (χ0v) is 21.3. The minimum atomic E-state index is -0.0654. The van der Waals surface area contributed by atoms with Gasteiger partial charge in [-0.1, -0.05) is 52.0 Å². The highest BCUT2D eigenvalue weighted by molar-refractivity contribution is 5.33. The van der Waals surface area contributed by atoms with Gasteiger partial charge in [-0.2, -0.15) is 0 Å². The van der Waals surface area contributed by atoms with Crippen LogP contribution >= 0.6 is 0 Å². The molecule has 2 rings (SSSR count). The van der Waals surface area contributed by atoms with E-state index in [0.717, 1.165) is 24.3 Å². The molecule has 0 aliphatic carbocycles. The average Bonchev–Trinajstić information content (AvgIpc) is 2.85. The molecular formula is C28H42O5. The van der Waals surface area contributed by atoms with Crippen LogP contribution in [0.4, 0.5) is 0 Å². The van der Waals surface area contributed by atoms with Crippen molar-refractivity contribution in [3.05, 3.63) is 59.7 Å². The van der Waals surface area contributed by atoms with E-state index in [-0.39, 0.29) is 24.4 Å². The fourth-order valence-electron chi connectivity index (χ4n) is 3.57. The second kappa shape index (κ2) is 13.6. The van der Waals surface area contributed by atoms with Crippen molar-refractivity contribution in [2.45, 2.75) is 65.2 Å². The lowest BCUT2D eigenvalue weighted by Gasteiger charge is -2.33. The largest absolute Gasteiger partial charge is 0.468 e. The van der Waals surface area contributed by atoms with Crippen LogP contribution in [-0.2, 0) is 25.0 Å². The third kappa shape index (κ3) is 8.02. The van der Waals surface area contributed by atoms with Crippen LogP contribution in [0.15, 0.2) is 48.5 Å². The van der Waals surface area contributed by atoms with Crippen molar-refractivity contribution in [2.24, 2.45) is 0 Å². The van der Waals surface area contributed by atoms with Crippen molar-refractivity contribution in [3.63, 3.8) is 0 Å². The van der Waals surface area contributed by atoms with Gasteiger partial charge >= 0.3 is 0 Å². The summed E-state index contributed by atoms with van der Waals surface area (Å²) in [6, 6.07) is 16.6. The maximum atomic E-state index is 6.37. The minimum Gasteiger partial charge on any atom is -0.468 e. The molecule has 0 N–H and O–H groups in total. The van der Waals surface area contributed by atoms with Crippen LogP contribution in [0.3, 0.4) is 0 Å². The van der Waals surface area contributed by atoms with E-state index < -0.39 is 0 Å². The maximum Gasteiger partial charge on any atom is 0.189 e. The number of rotatable bonds is 16. The fourth-order valence-corrected chi connectivity index (χ4v) is 3.57. The average molecular weight is 459 g/mol. The predicted molar refractivity (Wildman–Crippen MR) is 133 cm³/mol. The van der Waals surface area contributed by atoms with Crippen LogP contribution in [0.2, 0.25) is 0 Å². The summed E-state index contributed by atoms with van der Waals surface area (Å²) in [5.41, 5.74) is 2.37. The van der Waals surface area contributed by atoms with Gasteiger partial charge in [-0.05, 0) is 62.1 Å². The normalized spacial score (nSPS) is 15.0. The van der Waals surface area contributed by atoms with Gasteiger partial charge in [0.2, 0.25) is 0 Å². The monoisotopic (exact) mass is 458 g/mol. The summed E-state index contributed by atoms with van der Waals surface area (Å²) >= 11 is 0. The molecule has 0 spiro atoms. The molecule has 0 aliphatic heterocycles. The molecule has 184 valence electrons. The summed E-state index contributed by atoms with van der Waals surface area (Å²) in [6.07, 6.45) is 1.97. The molecule has 2 atom stereocenters. The quantitative estimate of drug-likeness (QED) is 0.213. The minimum absolute atomic E-state index is 0.0654. The van der Waals surface area contributed by atoms with Crippen LogP contribution < -0.4 is 9.47 Å². The summed E-state index contributed by atoms with van der Waals surface area (Å²) in [7, 11) is 0. The fraction of sp³-hybridized carbons (Fsp3) is 0.571. The number of ether oxygens (including phenoxy) is 5. The van der Waals surface area contributed by atoms with Crippen molar-refractivity contribution in [1.29, 1.82) is 0 Å². The van der Waals surface area contributed by atoms with Gasteiger partial charge in [-0.3, -0.25) is 0 Å². The molecule has 2 aromatic rings. The highest BCUT2D eigenvalue weighted by Crippen LogP contribution is 2.33. The molecule has 0 heterocycles. The Morgan fingerprint density at radius 2 is 0.909 bits per heavy atom. The van der Waals surface area contributed by atoms with Crippen LogP contribution in [-0.4, -0.2) is 40.0 Å². The Morgan fingerprint density at radius 3 is 1.21 bits per heavy atom. The molecular weight excluding hydrogens is 416 g/mol. The van der Waals surface area contributed by atoms with E-state index in [4.69, 9.17) is 23.7 Å². The highest BCUT2D eigenvalue weighted by atomic mass is 16.7. The first-order chi connectivity index (χ1) is 15.9. The van der Waals surface area contributed by atoms with E-state index in [0.29, 0.717) is 26.4 Å². The first-order valence-corrected chi connectivity index (χ1v) is 12.1. The van der Waals surface area contributed by atoms with Crippen molar-refractivity contribution in [1.82, 2.24) is 0 Å². The Balaban J connectivity index is 1.97. The van der Waals surface area contributed by atoms with E-state index in [9.17, 15) is 0 Å². The molecule has 5 nitrogen and oxygen atoms in total. The zero-order valence-electron chi connectivity index (χ0n) is 21.3. The van der Waals surface area contributed by atoms with Crippen LogP contribution in [0, 0.1) is 0 Å². The Kier molecular flexibility index (Phi) is 11.2. The Labute approximate surface area is 200 Å². The molecule has 0 saturated heterocycles. The molecule has 0 aromatic heterocycles. The third-order valence-corrected chi connectivity index (χ3v) is 6.53. The Bertz CT molecular complexity index is 721. The standard InChI is InChI=1S/C28H42O5/c1-7-27(5,23-11-15-25(16-12-23)32-21-29-9-3)19-31-20-28(6,8-2)24-13-17-26(18-14-24)33-22-30-10-4/h11-18H,7-10,19-22H2,1-6H3. The van der Waals surface area contributed by atoms with Gasteiger partial charge in [0, 0.05) is 24.0 Å². The lowest BCUT2D eigenvalue weighted by Crippen LogP contribution is -2.33. The molecule has 0 bridgehead atoms. The van der Waals surface area contributed by atoms with Crippen LogP contribution in [0.1, 0.15) is 65.5 Å². The molecule has 0 fully saturated rings. The second-order valence-electron chi connectivity index (χ2n) is 8.88. The third-order valence-electron chi connectivity index (χ3n) is 6.53. The topological polar surface area (TPSA) is 46.2 Å². The first-order valence-electron chi connectivity index (χ1n) is 12.1. The molecule has 0 radical (unpaired) electrons. The van der Waals surface area contributed by atoms with Crippen molar-refractivity contribution in [3.8, 4) is 11.5 Å². The predicted octanol–water partition coefficient (Wildman–Crippen LogP) is 6.48. The SMILES string of the molecule is CCOCOc1ccc(C(C)(CC)COCC(C)(CC)c2ccc(OCOCC)cc2)cc1. The molecule has 2 unspecified atom stereocenters. The number of hydrogen-bond acceptors (Lipinski definition) is 5. The van der Waals surface area contributed by atoms with Crippen LogP contribution in [0.5, 0.6) is 11.5 Å². The highest BCUT2D eigenvalue weighted by Gasteiger charge is 2.29. The summed E-state index contributed by atoms with van der Waals surface area (Å²) in [6.45, 7) is 16.0. The molecule has 33 heavy (non-hydrogen) atoms. The van der Waals surface area contributed by atoms with Crippen LogP contribution in [0.25, 0.3) is 0 Å². The molecule has 0 amide bonds. The summed E-state index contributed by atoms with van der Waals surface area (Å²) in [5, 5.41) is 0. The van der Waals surface area contributed by atoms with Crippen molar-refractivity contribution >= 4 is 0 Å². The number of benzene rings is 2. The maximum absolute atomic E-state index is 6.37. The Morgan fingerprint density at radius 1 is 0.545 bits per heavy atom. The number of hydrogen-bond donors (Lipinski definition) is 0. The first kappa shape index (κ1) is 27.2. The smallest absolute Gasteiger partial charge is 0.189 e. The van der Waals surface area contributed by atoms with E-state index in [1.165, 1.54) is 11.1 Å². The van der Waals surface area contributed by atoms with Gasteiger partial charge in [0.15, 0.2) is 13.6 Å². The molecule has 2 aromatic carbocycles. The van der Waals surface area contributed by atoms with E-state index in [1.807, 2.05) is 38.1 Å². The zero-order chi connectivity index (χ0) is 24.2. The van der Waals surface area contributed by atoms with Gasteiger partial charge in [0.25, 0.3) is 0 Å². The molecule has 5 heteroatoms. The van der Waals surface area contributed by atoms with Crippen molar-refractivity contribution in [2.75, 3.05) is 40.0 Å². The second-order valence-corrected chi connectivity index (χ2v) is 8.88. The van der Waals surface area contributed by atoms with E-state index >= 15 is 0 Å². The lowest BCUT2D eigenvalue weighted by molar-refractivity contribution is 0.0221. The van der Waals surface area contributed by atoms with Gasteiger partial charge in [-0.15, -0.1) is 0 Å².